The highest BCUT2D eigenvalue weighted by atomic mass is 32.1. The Balaban J connectivity index is 2.47. The lowest BCUT2D eigenvalue weighted by molar-refractivity contribution is -0.138. The van der Waals surface area contributed by atoms with Gasteiger partial charge in [0.25, 0.3) is 0 Å². The summed E-state index contributed by atoms with van der Waals surface area (Å²) in [7, 11) is 1.57. The van der Waals surface area contributed by atoms with Gasteiger partial charge in [0, 0.05) is 11.6 Å². The van der Waals surface area contributed by atoms with Crippen molar-refractivity contribution >= 4 is 29.5 Å². The Morgan fingerprint density at radius 1 is 1.62 bits per heavy atom. The Bertz CT molecular complexity index is 538. The van der Waals surface area contributed by atoms with Gasteiger partial charge in [-0.05, 0) is 18.2 Å². The summed E-state index contributed by atoms with van der Waals surface area (Å²) in [6.07, 6.45) is 1.63. The van der Waals surface area contributed by atoms with Crippen LogP contribution in [0.4, 0.5) is 0 Å². The smallest absolute Gasteiger partial charge is 0.338 e. The van der Waals surface area contributed by atoms with Crippen LogP contribution in [0.25, 0.3) is 10.9 Å². The number of rotatable bonds is 3. The lowest BCUT2D eigenvalue weighted by Gasteiger charge is -2.03. The fourth-order valence-electron chi connectivity index (χ4n) is 1.39. The number of aliphatic carboxylic acids is 1. The van der Waals surface area contributed by atoms with Gasteiger partial charge in [0.15, 0.2) is 5.37 Å². The van der Waals surface area contributed by atoms with Crippen LogP contribution in [0.3, 0.4) is 0 Å². The number of methoxy groups -OCH3 is 1. The Labute approximate surface area is 97.0 Å². The summed E-state index contributed by atoms with van der Waals surface area (Å²) in [4.78, 5) is 10.7. The van der Waals surface area contributed by atoms with Gasteiger partial charge in [-0.15, -0.1) is 12.6 Å². The fourth-order valence-corrected chi connectivity index (χ4v) is 1.51. The van der Waals surface area contributed by atoms with Crippen LogP contribution < -0.4 is 4.74 Å². The van der Waals surface area contributed by atoms with Gasteiger partial charge in [-0.1, -0.05) is 0 Å². The topological polar surface area (TPSA) is 64.4 Å². The van der Waals surface area contributed by atoms with E-state index < -0.39 is 11.3 Å². The molecule has 6 heteroatoms. The maximum atomic E-state index is 10.7. The van der Waals surface area contributed by atoms with Crippen LogP contribution in [-0.4, -0.2) is 28.0 Å². The van der Waals surface area contributed by atoms with Gasteiger partial charge in [-0.3, -0.25) is 0 Å². The van der Waals surface area contributed by atoms with Crippen molar-refractivity contribution in [2.24, 2.45) is 0 Å². The van der Waals surface area contributed by atoms with Gasteiger partial charge in [0.1, 0.15) is 5.75 Å². The van der Waals surface area contributed by atoms with E-state index in [0.29, 0.717) is 11.3 Å². The number of carboxylic acid groups (broad SMARTS) is 1. The van der Waals surface area contributed by atoms with E-state index in [1.54, 1.807) is 31.5 Å². The van der Waals surface area contributed by atoms with Gasteiger partial charge in [-0.2, -0.15) is 5.10 Å². The molecule has 1 aromatic carbocycles. The Morgan fingerprint density at radius 3 is 3.00 bits per heavy atom. The standard InChI is InChI=1S/C10H10N2O3S/c1-15-7-2-3-8-6(4-7)5-12(11-8)9(16)10(13)14/h2-5,9,16H,1H3,(H,13,14). The van der Waals surface area contributed by atoms with Crippen LogP contribution in [0.15, 0.2) is 24.4 Å². The van der Waals surface area contributed by atoms with Crippen molar-refractivity contribution in [1.29, 1.82) is 0 Å². The third-order valence-electron chi connectivity index (χ3n) is 2.20. The molecule has 2 rings (SSSR count). The summed E-state index contributed by atoms with van der Waals surface area (Å²) in [5, 5.41) is 12.8. The van der Waals surface area contributed by atoms with Crippen molar-refractivity contribution in [3.63, 3.8) is 0 Å². The zero-order valence-corrected chi connectivity index (χ0v) is 9.39. The van der Waals surface area contributed by atoms with E-state index in [1.807, 2.05) is 0 Å². The minimum absolute atomic E-state index is 0.707. The molecular weight excluding hydrogens is 228 g/mol. The van der Waals surface area contributed by atoms with Crippen molar-refractivity contribution < 1.29 is 14.6 Å². The number of benzene rings is 1. The van der Waals surface area contributed by atoms with E-state index in [1.165, 1.54) is 4.68 Å². The van der Waals surface area contributed by atoms with Gasteiger partial charge in [0.2, 0.25) is 0 Å². The quantitative estimate of drug-likeness (QED) is 0.796. The average molecular weight is 238 g/mol. The molecule has 0 saturated heterocycles. The minimum Gasteiger partial charge on any atom is -0.497 e. The van der Waals surface area contributed by atoms with Gasteiger partial charge in [-0.25, -0.2) is 9.48 Å². The molecule has 1 N–H and O–H groups in total. The first-order chi connectivity index (χ1) is 7.61. The van der Waals surface area contributed by atoms with E-state index >= 15 is 0 Å². The van der Waals surface area contributed by atoms with Crippen molar-refractivity contribution in [1.82, 2.24) is 9.78 Å². The molecular formula is C10H10N2O3S. The van der Waals surface area contributed by atoms with Crippen LogP contribution >= 0.6 is 12.6 Å². The number of fused-ring (bicyclic) bond motifs is 1. The number of aromatic nitrogens is 2. The summed E-state index contributed by atoms with van der Waals surface area (Å²) in [5.74, 6) is -0.332. The van der Waals surface area contributed by atoms with Crippen molar-refractivity contribution in [2.75, 3.05) is 7.11 Å². The van der Waals surface area contributed by atoms with Gasteiger partial charge in [0.05, 0.1) is 12.6 Å². The van der Waals surface area contributed by atoms with Crippen LogP contribution in [-0.2, 0) is 4.79 Å². The molecule has 1 atom stereocenters. The molecule has 1 heterocycles. The Morgan fingerprint density at radius 2 is 2.38 bits per heavy atom. The normalized spacial score (nSPS) is 12.6. The maximum Gasteiger partial charge on any atom is 0.338 e. The van der Waals surface area contributed by atoms with Gasteiger partial charge >= 0.3 is 5.97 Å². The Hall–Kier alpha value is -1.69. The SMILES string of the molecule is COc1ccc2nn(C(S)C(=O)O)cc2c1. The van der Waals surface area contributed by atoms with E-state index in [0.717, 1.165) is 5.39 Å². The average Bonchev–Trinajstić information content (AvgIpc) is 2.69. The second-order valence-electron chi connectivity index (χ2n) is 3.25. The van der Waals surface area contributed by atoms with Gasteiger partial charge < -0.3 is 9.84 Å². The van der Waals surface area contributed by atoms with Crippen LogP contribution in [0.2, 0.25) is 0 Å². The van der Waals surface area contributed by atoms with Crippen LogP contribution in [0.1, 0.15) is 5.37 Å². The van der Waals surface area contributed by atoms with Crippen molar-refractivity contribution in [3.05, 3.63) is 24.4 Å². The summed E-state index contributed by atoms with van der Waals surface area (Å²) in [6, 6.07) is 5.34. The molecule has 1 unspecified atom stereocenters. The molecule has 2 aromatic rings. The molecule has 1 aromatic heterocycles. The molecule has 5 nitrogen and oxygen atoms in total. The van der Waals surface area contributed by atoms with E-state index in [4.69, 9.17) is 9.84 Å². The zero-order chi connectivity index (χ0) is 11.7. The molecule has 0 radical (unpaired) electrons. The van der Waals surface area contributed by atoms with E-state index in [2.05, 4.69) is 17.7 Å². The van der Waals surface area contributed by atoms with Crippen LogP contribution in [0, 0.1) is 0 Å². The third kappa shape index (κ3) is 1.83. The number of hydrogen-bond donors (Lipinski definition) is 2. The first-order valence-electron chi connectivity index (χ1n) is 4.55. The molecule has 0 fully saturated rings. The highest BCUT2D eigenvalue weighted by molar-refractivity contribution is 7.81. The summed E-state index contributed by atoms with van der Waals surface area (Å²) in [5.41, 5.74) is 0.709. The highest BCUT2D eigenvalue weighted by Crippen LogP contribution is 2.22. The van der Waals surface area contributed by atoms with Crippen molar-refractivity contribution in [3.8, 4) is 5.75 Å². The molecule has 0 aliphatic rings. The second-order valence-corrected chi connectivity index (χ2v) is 3.73. The van der Waals surface area contributed by atoms with E-state index in [-0.39, 0.29) is 0 Å². The molecule has 0 saturated carbocycles. The summed E-state index contributed by atoms with van der Waals surface area (Å²) in [6.45, 7) is 0. The molecule has 16 heavy (non-hydrogen) atoms. The largest absolute Gasteiger partial charge is 0.497 e. The number of carboxylic acids is 1. The number of carbonyl (C=O) groups is 1. The predicted octanol–water partition coefficient (Wildman–Crippen LogP) is 1.56. The highest BCUT2D eigenvalue weighted by Gasteiger charge is 2.15. The summed E-state index contributed by atoms with van der Waals surface area (Å²) >= 11 is 3.94. The van der Waals surface area contributed by atoms with Crippen molar-refractivity contribution in [2.45, 2.75) is 5.37 Å². The monoisotopic (exact) mass is 238 g/mol. The zero-order valence-electron chi connectivity index (χ0n) is 8.49. The maximum absolute atomic E-state index is 10.7. The number of ether oxygens (including phenoxy) is 1. The lowest BCUT2D eigenvalue weighted by Crippen LogP contribution is -2.13. The molecule has 0 amide bonds. The van der Waals surface area contributed by atoms with E-state index in [9.17, 15) is 4.79 Å². The van der Waals surface area contributed by atoms with Crippen LogP contribution in [0.5, 0.6) is 5.75 Å². The number of nitrogens with zero attached hydrogens (tertiary/aromatic N) is 2. The number of thiol groups is 1. The predicted molar refractivity (Wildman–Crippen MR) is 61.9 cm³/mol. The molecule has 0 aliphatic carbocycles. The molecule has 84 valence electrons. The Kier molecular flexibility index (Phi) is 2.74. The third-order valence-corrected chi connectivity index (χ3v) is 2.66. The minimum atomic E-state index is -1.04. The molecule has 0 bridgehead atoms. The lowest BCUT2D eigenvalue weighted by atomic mass is 10.2. The molecule has 0 spiro atoms. The second kappa shape index (κ2) is 4.05. The summed E-state index contributed by atoms with van der Waals surface area (Å²) < 4.78 is 6.37. The fraction of sp³-hybridized carbons (Fsp3) is 0.200. The number of hydrogen-bond acceptors (Lipinski definition) is 4. The first kappa shape index (κ1) is 10.8. The molecule has 0 aliphatic heterocycles. The first-order valence-corrected chi connectivity index (χ1v) is 5.07.